The van der Waals surface area contributed by atoms with E-state index in [2.05, 4.69) is 4.90 Å². The van der Waals surface area contributed by atoms with Gasteiger partial charge in [0.1, 0.15) is 0 Å². The topological polar surface area (TPSA) is 60.9 Å². The predicted molar refractivity (Wildman–Crippen MR) is 92.4 cm³/mol. The Morgan fingerprint density at radius 2 is 1.71 bits per heavy atom. The minimum atomic E-state index is -3.46. The van der Waals surface area contributed by atoms with Crippen LogP contribution in [0.4, 0.5) is 0 Å². The maximum atomic E-state index is 12.6. The maximum absolute atomic E-state index is 12.6. The fourth-order valence-corrected chi connectivity index (χ4v) is 4.40. The van der Waals surface area contributed by atoms with Crippen molar-refractivity contribution in [1.29, 1.82) is 0 Å². The van der Waals surface area contributed by atoms with Crippen LogP contribution >= 0.6 is 0 Å². The van der Waals surface area contributed by atoms with Gasteiger partial charge in [-0.1, -0.05) is 0 Å². The third kappa shape index (κ3) is 3.34. The van der Waals surface area contributed by atoms with Crippen molar-refractivity contribution in [1.82, 2.24) is 14.1 Å². The lowest BCUT2D eigenvalue weighted by Crippen LogP contribution is -2.37. The lowest BCUT2D eigenvalue weighted by Gasteiger charge is -2.23. The van der Waals surface area contributed by atoms with E-state index in [0.717, 1.165) is 32.6 Å². The van der Waals surface area contributed by atoms with Gasteiger partial charge in [-0.3, -0.25) is 9.69 Å². The molecule has 0 aliphatic carbocycles. The fraction of sp³-hybridized carbons (Fsp3) is 0.588. The molecular formula is C17H25N3O3S. The van der Waals surface area contributed by atoms with Gasteiger partial charge in [0, 0.05) is 38.8 Å². The van der Waals surface area contributed by atoms with Crippen molar-refractivity contribution in [2.24, 2.45) is 0 Å². The van der Waals surface area contributed by atoms with E-state index in [-0.39, 0.29) is 10.8 Å². The summed E-state index contributed by atoms with van der Waals surface area (Å²) in [5, 5.41) is 0. The number of benzene rings is 1. The van der Waals surface area contributed by atoms with Crippen molar-refractivity contribution >= 4 is 15.9 Å². The Morgan fingerprint density at radius 3 is 2.29 bits per heavy atom. The number of carbonyl (C=O) groups excluding carboxylic acids is 1. The highest BCUT2D eigenvalue weighted by Gasteiger charge is 2.32. The van der Waals surface area contributed by atoms with Crippen LogP contribution in [0.3, 0.4) is 0 Å². The van der Waals surface area contributed by atoms with E-state index < -0.39 is 10.0 Å². The van der Waals surface area contributed by atoms with Crippen molar-refractivity contribution in [3.63, 3.8) is 0 Å². The monoisotopic (exact) mass is 351 g/mol. The van der Waals surface area contributed by atoms with Crippen molar-refractivity contribution in [3.05, 3.63) is 29.8 Å². The highest BCUT2D eigenvalue weighted by atomic mass is 32.2. The quantitative estimate of drug-likeness (QED) is 0.819. The van der Waals surface area contributed by atoms with E-state index in [1.807, 2.05) is 4.90 Å². The SMILES string of the molecule is CN(C)S(=O)(=O)c1ccc(C(=O)N2CCC(N3CCCC3)C2)cc1. The molecule has 1 aromatic carbocycles. The molecule has 2 saturated heterocycles. The highest BCUT2D eigenvalue weighted by Crippen LogP contribution is 2.22. The van der Waals surface area contributed by atoms with Gasteiger partial charge in [-0.05, 0) is 56.6 Å². The van der Waals surface area contributed by atoms with Crippen LogP contribution in [0, 0.1) is 0 Å². The summed E-state index contributed by atoms with van der Waals surface area (Å²) < 4.78 is 25.3. The van der Waals surface area contributed by atoms with E-state index in [1.165, 1.54) is 43.4 Å². The van der Waals surface area contributed by atoms with Crippen molar-refractivity contribution in [3.8, 4) is 0 Å². The van der Waals surface area contributed by atoms with Gasteiger partial charge in [0.2, 0.25) is 10.0 Å². The average Bonchev–Trinajstić information content (AvgIpc) is 3.25. The molecule has 2 fully saturated rings. The molecule has 0 saturated carbocycles. The first-order chi connectivity index (χ1) is 11.4. The smallest absolute Gasteiger partial charge is 0.253 e. The van der Waals surface area contributed by atoms with Crippen LogP contribution in [-0.2, 0) is 10.0 Å². The molecule has 1 amide bonds. The van der Waals surface area contributed by atoms with E-state index in [1.54, 1.807) is 12.1 Å². The van der Waals surface area contributed by atoms with Crippen molar-refractivity contribution in [2.75, 3.05) is 40.3 Å². The number of rotatable bonds is 4. The molecule has 1 unspecified atom stereocenters. The van der Waals surface area contributed by atoms with Crippen LogP contribution < -0.4 is 0 Å². The molecule has 0 N–H and O–H groups in total. The summed E-state index contributed by atoms with van der Waals surface area (Å²) in [7, 11) is -0.462. The Balaban J connectivity index is 1.67. The molecule has 2 heterocycles. The molecule has 2 aliphatic rings. The molecule has 0 spiro atoms. The second-order valence-electron chi connectivity index (χ2n) is 6.75. The van der Waals surface area contributed by atoms with E-state index >= 15 is 0 Å². The Morgan fingerprint density at radius 1 is 1.08 bits per heavy atom. The summed E-state index contributed by atoms with van der Waals surface area (Å²) in [5.74, 6) is -0.00880. The molecule has 7 heteroatoms. The van der Waals surface area contributed by atoms with Crippen LogP contribution in [-0.4, -0.2) is 74.7 Å². The highest BCUT2D eigenvalue weighted by molar-refractivity contribution is 7.89. The average molecular weight is 351 g/mol. The zero-order valence-electron chi connectivity index (χ0n) is 14.3. The zero-order chi connectivity index (χ0) is 17.3. The minimum absolute atomic E-state index is 0.00880. The van der Waals surface area contributed by atoms with Gasteiger partial charge >= 0.3 is 0 Å². The molecule has 2 aliphatic heterocycles. The molecule has 0 aromatic heterocycles. The van der Waals surface area contributed by atoms with Crippen LogP contribution in [0.15, 0.2) is 29.2 Å². The molecule has 132 valence electrons. The molecule has 0 radical (unpaired) electrons. The van der Waals surface area contributed by atoms with Gasteiger partial charge in [0.15, 0.2) is 0 Å². The van der Waals surface area contributed by atoms with Gasteiger partial charge in [0.25, 0.3) is 5.91 Å². The number of likely N-dealkylation sites (tertiary alicyclic amines) is 2. The molecule has 1 aromatic rings. The third-order valence-corrected chi connectivity index (χ3v) is 6.82. The molecule has 6 nitrogen and oxygen atoms in total. The van der Waals surface area contributed by atoms with E-state index in [0.29, 0.717) is 11.6 Å². The van der Waals surface area contributed by atoms with Crippen LogP contribution in [0.2, 0.25) is 0 Å². The van der Waals surface area contributed by atoms with Gasteiger partial charge in [-0.15, -0.1) is 0 Å². The minimum Gasteiger partial charge on any atom is -0.337 e. The number of carbonyl (C=O) groups is 1. The third-order valence-electron chi connectivity index (χ3n) is 4.99. The number of hydrogen-bond donors (Lipinski definition) is 0. The molecular weight excluding hydrogens is 326 g/mol. The number of sulfonamides is 1. The zero-order valence-corrected chi connectivity index (χ0v) is 15.1. The second-order valence-corrected chi connectivity index (χ2v) is 8.90. The van der Waals surface area contributed by atoms with Gasteiger partial charge in [0.05, 0.1) is 4.90 Å². The first-order valence-corrected chi connectivity index (χ1v) is 9.89. The number of hydrogen-bond acceptors (Lipinski definition) is 4. The van der Waals surface area contributed by atoms with E-state index in [4.69, 9.17) is 0 Å². The van der Waals surface area contributed by atoms with Crippen molar-refractivity contribution < 1.29 is 13.2 Å². The number of nitrogens with zero attached hydrogens (tertiary/aromatic N) is 3. The van der Waals surface area contributed by atoms with E-state index in [9.17, 15) is 13.2 Å². The summed E-state index contributed by atoms with van der Waals surface area (Å²) in [4.78, 5) is 17.2. The first-order valence-electron chi connectivity index (χ1n) is 8.45. The fourth-order valence-electron chi connectivity index (χ4n) is 3.49. The van der Waals surface area contributed by atoms with Gasteiger partial charge < -0.3 is 4.90 Å². The first kappa shape index (κ1) is 17.4. The Hall–Kier alpha value is -1.44. The van der Waals surface area contributed by atoms with Gasteiger partial charge in [-0.25, -0.2) is 12.7 Å². The van der Waals surface area contributed by atoms with Crippen LogP contribution in [0.1, 0.15) is 29.6 Å². The Labute approximate surface area is 144 Å². The Bertz CT molecular complexity index is 694. The molecule has 0 bridgehead atoms. The summed E-state index contributed by atoms with van der Waals surface area (Å²) in [5.41, 5.74) is 0.551. The number of amides is 1. The maximum Gasteiger partial charge on any atom is 0.253 e. The largest absolute Gasteiger partial charge is 0.337 e. The summed E-state index contributed by atoms with van der Waals surface area (Å²) in [6.07, 6.45) is 3.54. The summed E-state index contributed by atoms with van der Waals surface area (Å²) in [6, 6.07) is 6.72. The lowest BCUT2D eigenvalue weighted by atomic mass is 10.2. The molecule has 1 atom stereocenters. The lowest BCUT2D eigenvalue weighted by molar-refractivity contribution is 0.0780. The Kier molecular flexibility index (Phi) is 4.94. The van der Waals surface area contributed by atoms with Gasteiger partial charge in [-0.2, -0.15) is 0 Å². The second kappa shape index (κ2) is 6.82. The summed E-state index contributed by atoms with van der Waals surface area (Å²) in [6.45, 7) is 3.84. The summed E-state index contributed by atoms with van der Waals surface area (Å²) >= 11 is 0. The normalized spacial score (nSPS) is 22.5. The molecule has 3 rings (SSSR count). The predicted octanol–water partition coefficient (Wildman–Crippen LogP) is 1.25. The standard InChI is InChI=1S/C17H25N3O3S/c1-18(2)24(22,23)16-7-5-14(6-8-16)17(21)20-12-9-15(13-20)19-10-3-4-11-19/h5-8,15H,3-4,9-13H2,1-2H3. The van der Waals surface area contributed by atoms with Crippen LogP contribution in [0.5, 0.6) is 0 Å². The van der Waals surface area contributed by atoms with Crippen LogP contribution in [0.25, 0.3) is 0 Å². The van der Waals surface area contributed by atoms with Crippen molar-refractivity contribution in [2.45, 2.75) is 30.2 Å². The molecule has 24 heavy (non-hydrogen) atoms.